The van der Waals surface area contributed by atoms with Gasteiger partial charge in [0, 0.05) is 19.1 Å². The van der Waals surface area contributed by atoms with Crippen LogP contribution in [0.15, 0.2) is 6.20 Å². The van der Waals surface area contributed by atoms with Crippen molar-refractivity contribution in [1.82, 2.24) is 25.3 Å². The Labute approximate surface area is 146 Å². The van der Waals surface area contributed by atoms with Crippen LogP contribution in [0.3, 0.4) is 0 Å². The molecule has 0 saturated carbocycles. The van der Waals surface area contributed by atoms with Gasteiger partial charge in [0.2, 0.25) is 0 Å². The van der Waals surface area contributed by atoms with Crippen molar-refractivity contribution in [1.29, 1.82) is 0 Å². The first-order chi connectivity index (χ1) is 12.0. The molecular formula is C17H25N5O3. The fourth-order valence-corrected chi connectivity index (χ4v) is 3.19. The van der Waals surface area contributed by atoms with E-state index in [1.54, 1.807) is 18.0 Å². The van der Waals surface area contributed by atoms with Gasteiger partial charge in [-0.3, -0.25) is 14.6 Å². The summed E-state index contributed by atoms with van der Waals surface area (Å²) in [4.78, 5) is 12.9. The van der Waals surface area contributed by atoms with Crippen molar-refractivity contribution in [2.45, 2.75) is 52.5 Å². The van der Waals surface area contributed by atoms with Gasteiger partial charge in [-0.25, -0.2) is 0 Å². The third-order valence-electron chi connectivity index (χ3n) is 4.48. The fourth-order valence-electron chi connectivity index (χ4n) is 3.19. The summed E-state index contributed by atoms with van der Waals surface area (Å²) in [6.07, 6.45) is 2.36. The lowest BCUT2D eigenvalue weighted by Gasteiger charge is -2.24. The van der Waals surface area contributed by atoms with Crippen molar-refractivity contribution in [2.75, 3.05) is 13.7 Å². The molecule has 136 valence electrons. The predicted molar refractivity (Wildman–Crippen MR) is 91.3 cm³/mol. The maximum absolute atomic E-state index is 12.9. The summed E-state index contributed by atoms with van der Waals surface area (Å²) in [6.45, 7) is 7.36. The molecule has 0 spiro atoms. The largest absolute Gasteiger partial charge is 0.383 e. The molecular weight excluding hydrogens is 322 g/mol. The highest BCUT2D eigenvalue weighted by Gasteiger charge is 2.32. The molecule has 0 saturated heterocycles. The highest BCUT2D eigenvalue weighted by molar-refractivity contribution is 5.94. The summed E-state index contributed by atoms with van der Waals surface area (Å²) in [5.74, 6) is -0.139. The third kappa shape index (κ3) is 3.59. The Morgan fingerprint density at radius 3 is 3.00 bits per heavy atom. The lowest BCUT2D eigenvalue weighted by molar-refractivity contribution is -0.00716. The predicted octanol–water partition coefficient (Wildman–Crippen LogP) is 1.51. The molecule has 0 radical (unpaired) electrons. The number of methoxy groups -OCH3 is 1. The molecule has 2 aromatic rings. The third-order valence-corrected chi connectivity index (χ3v) is 4.48. The van der Waals surface area contributed by atoms with Gasteiger partial charge in [-0.2, -0.15) is 10.2 Å². The fraction of sp³-hybridized carbons (Fsp3) is 0.588. The molecule has 0 aromatic carbocycles. The minimum absolute atomic E-state index is 0.0592. The average molecular weight is 347 g/mol. The molecule has 1 aliphatic rings. The van der Waals surface area contributed by atoms with Crippen molar-refractivity contribution >= 4 is 5.91 Å². The smallest absolute Gasteiger partial charge is 0.270 e. The normalized spacial score (nSPS) is 19.7. The number of rotatable bonds is 6. The number of amides is 1. The maximum Gasteiger partial charge on any atom is 0.270 e. The van der Waals surface area contributed by atoms with Crippen molar-refractivity contribution < 1.29 is 14.3 Å². The van der Waals surface area contributed by atoms with Gasteiger partial charge in [-0.05, 0) is 26.3 Å². The second-order valence-corrected chi connectivity index (χ2v) is 6.44. The van der Waals surface area contributed by atoms with Gasteiger partial charge in [-0.1, -0.05) is 0 Å². The summed E-state index contributed by atoms with van der Waals surface area (Å²) < 4.78 is 12.7. The van der Waals surface area contributed by atoms with E-state index in [1.165, 1.54) is 0 Å². The monoisotopic (exact) mass is 347 g/mol. The highest BCUT2D eigenvalue weighted by Crippen LogP contribution is 2.31. The van der Waals surface area contributed by atoms with Gasteiger partial charge >= 0.3 is 0 Å². The zero-order chi connectivity index (χ0) is 18.0. The minimum atomic E-state index is -0.139. The van der Waals surface area contributed by atoms with Gasteiger partial charge in [-0.15, -0.1) is 0 Å². The number of nitrogens with zero attached hydrogens (tertiary/aromatic N) is 3. The molecule has 2 atom stereocenters. The summed E-state index contributed by atoms with van der Waals surface area (Å²) >= 11 is 0. The number of aromatic nitrogens is 4. The Bertz CT molecular complexity index is 752. The minimum Gasteiger partial charge on any atom is -0.383 e. The van der Waals surface area contributed by atoms with Crippen molar-refractivity contribution in [2.24, 2.45) is 0 Å². The average Bonchev–Trinajstić information content (AvgIpc) is 3.14. The van der Waals surface area contributed by atoms with Crippen LogP contribution in [-0.2, 0) is 29.0 Å². The van der Waals surface area contributed by atoms with E-state index in [0.29, 0.717) is 31.8 Å². The Morgan fingerprint density at radius 1 is 1.52 bits per heavy atom. The molecule has 1 aliphatic heterocycles. The van der Waals surface area contributed by atoms with E-state index in [0.717, 1.165) is 22.5 Å². The van der Waals surface area contributed by atoms with E-state index in [4.69, 9.17) is 9.47 Å². The maximum atomic E-state index is 12.9. The lowest BCUT2D eigenvalue weighted by Crippen LogP contribution is -2.29. The number of aromatic amines is 1. The van der Waals surface area contributed by atoms with Crippen LogP contribution >= 0.6 is 0 Å². The van der Waals surface area contributed by atoms with Crippen molar-refractivity contribution in [3.63, 3.8) is 0 Å². The summed E-state index contributed by atoms with van der Waals surface area (Å²) in [6, 6.07) is 0. The second kappa shape index (κ2) is 7.37. The van der Waals surface area contributed by atoms with E-state index in [2.05, 4.69) is 20.6 Å². The first kappa shape index (κ1) is 17.6. The van der Waals surface area contributed by atoms with Gasteiger partial charge in [0.15, 0.2) is 0 Å². The first-order valence-electron chi connectivity index (χ1n) is 8.52. The molecule has 2 aromatic heterocycles. The Balaban J connectivity index is 1.87. The SMILES string of the molecule is COCCn1nc2c(c1C(=O)NCc1[nH]ncc1C)C[C@H](C)O[C@@H]2C. The first-order valence-corrected chi connectivity index (χ1v) is 8.52. The quantitative estimate of drug-likeness (QED) is 0.826. The van der Waals surface area contributed by atoms with Crippen LogP contribution in [0.1, 0.15) is 53.0 Å². The Kier molecular flexibility index (Phi) is 5.19. The topological polar surface area (TPSA) is 94.1 Å². The number of hydrogen-bond acceptors (Lipinski definition) is 5. The molecule has 8 nitrogen and oxygen atoms in total. The van der Waals surface area contributed by atoms with E-state index in [9.17, 15) is 4.79 Å². The highest BCUT2D eigenvalue weighted by atomic mass is 16.5. The van der Waals surface area contributed by atoms with Crippen LogP contribution < -0.4 is 5.32 Å². The van der Waals surface area contributed by atoms with Crippen LogP contribution in [0, 0.1) is 6.92 Å². The van der Waals surface area contributed by atoms with Crippen LogP contribution in [-0.4, -0.2) is 45.7 Å². The van der Waals surface area contributed by atoms with Crippen LogP contribution in [0.5, 0.6) is 0 Å². The Hall–Kier alpha value is -2.19. The van der Waals surface area contributed by atoms with Crippen LogP contribution in [0.2, 0.25) is 0 Å². The van der Waals surface area contributed by atoms with Gasteiger partial charge < -0.3 is 14.8 Å². The van der Waals surface area contributed by atoms with Crippen LogP contribution in [0.25, 0.3) is 0 Å². The number of ether oxygens (including phenoxy) is 2. The van der Waals surface area contributed by atoms with E-state index >= 15 is 0 Å². The van der Waals surface area contributed by atoms with E-state index in [-0.39, 0.29) is 18.1 Å². The summed E-state index contributed by atoms with van der Waals surface area (Å²) in [5, 5.41) is 14.5. The van der Waals surface area contributed by atoms with Gasteiger partial charge in [0.05, 0.1) is 49.5 Å². The van der Waals surface area contributed by atoms with Gasteiger partial charge in [0.1, 0.15) is 5.69 Å². The molecule has 0 unspecified atom stereocenters. The molecule has 0 fully saturated rings. The zero-order valence-corrected chi connectivity index (χ0v) is 15.1. The van der Waals surface area contributed by atoms with Crippen molar-refractivity contribution in [3.8, 4) is 0 Å². The summed E-state index contributed by atoms with van der Waals surface area (Å²) in [5.41, 5.74) is 4.34. The second-order valence-electron chi connectivity index (χ2n) is 6.44. The van der Waals surface area contributed by atoms with E-state index in [1.807, 2.05) is 20.8 Å². The van der Waals surface area contributed by atoms with Crippen molar-refractivity contribution in [3.05, 3.63) is 34.4 Å². The Morgan fingerprint density at radius 2 is 2.32 bits per heavy atom. The number of aryl methyl sites for hydroxylation is 1. The molecule has 3 heterocycles. The number of hydrogen-bond donors (Lipinski definition) is 2. The lowest BCUT2D eigenvalue weighted by atomic mass is 9.99. The number of nitrogens with one attached hydrogen (secondary N) is 2. The number of carbonyl (C=O) groups is 1. The molecule has 1 amide bonds. The number of carbonyl (C=O) groups excluding carboxylic acids is 1. The number of H-pyrrole nitrogens is 1. The number of fused-ring (bicyclic) bond motifs is 1. The van der Waals surface area contributed by atoms with Crippen LogP contribution in [0.4, 0.5) is 0 Å². The van der Waals surface area contributed by atoms with E-state index < -0.39 is 0 Å². The molecule has 2 N–H and O–H groups in total. The molecule has 0 bridgehead atoms. The standard InChI is InChI=1S/C17H25N5O3/c1-10-8-19-20-14(10)9-18-17(23)16-13-7-11(2)25-12(3)15(13)21-22(16)5-6-24-4/h8,11-12H,5-7,9H2,1-4H3,(H,18,23)(H,19,20)/t11-,12+/m0/s1. The molecule has 0 aliphatic carbocycles. The zero-order valence-electron chi connectivity index (χ0n) is 15.1. The molecule has 3 rings (SSSR count). The van der Waals surface area contributed by atoms with Gasteiger partial charge in [0.25, 0.3) is 5.91 Å². The summed E-state index contributed by atoms with van der Waals surface area (Å²) in [7, 11) is 1.64. The molecule has 25 heavy (non-hydrogen) atoms. The molecule has 8 heteroatoms.